The number of carbonyl (C=O) groups is 1. The zero-order chi connectivity index (χ0) is 21.3. The topological polar surface area (TPSA) is 118 Å². The van der Waals surface area contributed by atoms with Crippen LogP contribution in [0.2, 0.25) is 0 Å². The zero-order valence-corrected chi connectivity index (χ0v) is 17.3. The van der Waals surface area contributed by atoms with Crippen LogP contribution in [0.5, 0.6) is 0 Å². The average molecular weight is 406 g/mol. The first kappa shape index (κ1) is 21.0. The summed E-state index contributed by atoms with van der Waals surface area (Å²) in [5.74, 6) is 0.676. The highest BCUT2D eigenvalue weighted by molar-refractivity contribution is 6.07. The molecule has 1 amide bonds. The lowest BCUT2D eigenvalue weighted by molar-refractivity contribution is 0.102. The Morgan fingerprint density at radius 2 is 1.90 bits per heavy atom. The second-order valence-electron chi connectivity index (χ2n) is 6.94. The molecular weight excluding hydrogens is 378 g/mol. The molecule has 5 N–H and O–H groups in total. The van der Waals surface area contributed by atoms with Gasteiger partial charge in [-0.2, -0.15) is 4.98 Å². The fourth-order valence-corrected chi connectivity index (χ4v) is 2.80. The maximum absolute atomic E-state index is 12.8. The summed E-state index contributed by atoms with van der Waals surface area (Å²) in [7, 11) is 0. The Morgan fingerprint density at radius 3 is 2.63 bits per heavy atom. The van der Waals surface area contributed by atoms with Crippen molar-refractivity contribution < 1.29 is 4.79 Å². The van der Waals surface area contributed by atoms with Crippen molar-refractivity contribution in [2.24, 2.45) is 0 Å². The Labute approximate surface area is 176 Å². The lowest BCUT2D eigenvalue weighted by Gasteiger charge is -2.13. The predicted octanol–water partition coefficient (Wildman–Crippen LogP) is 3.49. The minimum absolute atomic E-state index is 0.291. The Hall–Kier alpha value is -3.68. The normalized spacial score (nSPS) is 10.5. The molecule has 8 nitrogen and oxygen atoms in total. The van der Waals surface area contributed by atoms with E-state index in [9.17, 15) is 4.79 Å². The minimum Gasteiger partial charge on any atom is -0.398 e. The van der Waals surface area contributed by atoms with Gasteiger partial charge in [-0.3, -0.25) is 9.78 Å². The van der Waals surface area contributed by atoms with Gasteiger partial charge in [-0.05, 0) is 55.2 Å². The number of nitrogen functional groups attached to an aromatic ring is 1. The van der Waals surface area contributed by atoms with E-state index in [2.05, 4.69) is 37.8 Å². The number of hydrogen-bond donors (Lipinski definition) is 4. The van der Waals surface area contributed by atoms with Crippen molar-refractivity contribution in [2.75, 3.05) is 34.8 Å². The lowest BCUT2D eigenvalue weighted by atomic mass is 10.2. The first-order valence-corrected chi connectivity index (χ1v) is 9.98. The number of nitrogens with zero attached hydrogens (tertiary/aromatic N) is 3. The second kappa shape index (κ2) is 10.2. The van der Waals surface area contributed by atoms with Crippen LogP contribution in [-0.4, -0.2) is 33.9 Å². The quantitative estimate of drug-likeness (QED) is 0.402. The van der Waals surface area contributed by atoms with E-state index in [0.717, 1.165) is 18.4 Å². The van der Waals surface area contributed by atoms with Crippen molar-refractivity contribution in [1.82, 2.24) is 15.0 Å². The third kappa shape index (κ3) is 5.66. The van der Waals surface area contributed by atoms with Crippen LogP contribution in [0.25, 0.3) is 0 Å². The van der Waals surface area contributed by atoms with Crippen molar-refractivity contribution in [3.05, 3.63) is 65.6 Å². The fraction of sp³-hybridized carbons (Fsp3) is 0.273. The van der Waals surface area contributed by atoms with Gasteiger partial charge in [0.05, 0.1) is 0 Å². The molecular formula is C22H27N7O. The smallest absolute Gasteiger partial charge is 0.260 e. The molecule has 0 aliphatic heterocycles. The van der Waals surface area contributed by atoms with Gasteiger partial charge in [0.15, 0.2) is 0 Å². The van der Waals surface area contributed by atoms with Gasteiger partial charge >= 0.3 is 0 Å². The maximum Gasteiger partial charge on any atom is 0.260 e. The molecule has 3 rings (SSSR count). The van der Waals surface area contributed by atoms with E-state index in [0.29, 0.717) is 41.8 Å². The van der Waals surface area contributed by atoms with Crippen molar-refractivity contribution in [1.29, 1.82) is 0 Å². The molecule has 0 fully saturated rings. The molecule has 8 heteroatoms. The number of nitrogens with two attached hydrogens (primary N) is 1. The number of amides is 1. The Bertz CT molecular complexity index is 992. The first-order valence-electron chi connectivity index (χ1n) is 9.98. The number of pyridine rings is 1. The number of anilines is 4. The van der Waals surface area contributed by atoms with Gasteiger partial charge in [0.2, 0.25) is 5.95 Å². The SMILES string of the molecule is CCCNc1nc(NCCc2ccncc2)ncc1C(=O)Nc1ccc(C)c(N)c1. The van der Waals surface area contributed by atoms with Gasteiger partial charge < -0.3 is 21.7 Å². The van der Waals surface area contributed by atoms with Crippen LogP contribution in [0.1, 0.15) is 34.8 Å². The van der Waals surface area contributed by atoms with Crippen LogP contribution < -0.4 is 21.7 Å². The highest BCUT2D eigenvalue weighted by Gasteiger charge is 2.15. The summed E-state index contributed by atoms with van der Waals surface area (Å²) in [6, 6.07) is 9.37. The van der Waals surface area contributed by atoms with E-state index in [-0.39, 0.29) is 5.91 Å². The highest BCUT2D eigenvalue weighted by Crippen LogP contribution is 2.20. The Morgan fingerprint density at radius 1 is 1.10 bits per heavy atom. The molecule has 0 radical (unpaired) electrons. The molecule has 0 unspecified atom stereocenters. The largest absolute Gasteiger partial charge is 0.398 e. The standard InChI is InChI=1S/C22H27N7O/c1-3-9-25-20-18(21(30)28-17-5-4-15(2)19(23)13-17)14-27-22(29-20)26-12-8-16-6-10-24-11-7-16/h4-7,10-11,13-14H,3,8-9,12,23H2,1-2H3,(H,28,30)(H2,25,26,27,29). The fourth-order valence-electron chi connectivity index (χ4n) is 2.80. The van der Waals surface area contributed by atoms with Crippen LogP contribution in [0, 0.1) is 6.92 Å². The Kier molecular flexibility index (Phi) is 7.15. The molecule has 0 bridgehead atoms. The summed E-state index contributed by atoms with van der Waals surface area (Å²) in [5, 5.41) is 9.28. The van der Waals surface area contributed by atoms with E-state index in [1.54, 1.807) is 18.5 Å². The van der Waals surface area contributed by atoms with Gasteiger partial charge in [-0.1, -0.05) is 13.0 Å². The van der Waals surface area contributed by atoms with Gasteiger partial charge in [0, 0.05) is 43.1 Å². The van der Waals surface area contributed by atoms with E-state index in [1.807, 2.05) is 31.2 Å². The minimum atomic E-state index is -0.291. The van der Waals surface area contributed by atoms with Crippen molar-refractivity contribution in [2.45, 2.75) is 26.7 Å². The van der Waals surface area contributed by atoms with E-state index in [4.69, 9.17) is 5.73 Å². The third-order valence-electron chi connectivity index (χ3n) is 4.56. The van der Waals surface area contributed by atoms with Crippen LogP contribution in [0.15, 0.2) is 48.9 Å². The maximum atomic E-state index is 12.8. The van der Waals surface area contributed by atoms with Crippen molar-refractivity contribution in [3.63, 3.8) is 0 Å². The van der Waals surface area contributed by atoms with Crippen LogP contribution in [-0.2, 0) is 6.42 Å². The number of carbonyl (C=O) groups excluding carboxylic acids is 1. The van der Waals surface area contributed by atoms with Crippen molar-refractivity contribution >= 4 is 29.0 Å². The van der Waals surface area contributed by atoms with E-state index in [1.165, 1.54) is 11.8 Å². The van der Waals surface area contributed by atoms with Crippen molar-refractivity contribution in [3.8, 4) is 0 Å². The lowest BCUT2D eigenvalue weighted by Crippen LogP contribution is -2.18. The molecule has 0 saturated carbocycles. The van der Waals surface area contributed by atoms with E-state index >= 15 is 0 Å². The van der Waals surface area contributed by atoms with E-state index < -0.39 is 0 Å². The van der Waals surface area contributed by atoms with Crippen LogP contribution in [0.3, 0.4) is 0 Å². The molecule has 0 saturated heterocycles. The molecule has 2 heterocycles. The summed E-state index contributed by atoms with van der Waals surface area (Å²) in [6.45, 7) is 5.34. The molecule has 0 aliphatic rings. The number of aromatic nitrogens is 3. The molecule has 156 valence electrons. The summed E-state index contributed by atoms with van der Waals surface area (Å²) < 4.78 is 0. The van der Waals surface area contributed by atoms with Gasteiger partial charge in [0.1, 0.15) is 11.4 Å². The summed E-state index contributed by atoms with van der Waals surface area (Å²) in [4.78, 5) is 25.6. The number of aryl methyl sites for hydroxylation is 1. The van der Waals surface area contributed by atoms with Gasteiger partial charge in [-0.25, -0.2) is 4.98 Å². The molecule has 30 heavy (non-hydrogen) atoms. The average Bonchev–Trinajstić information content (AvgIpc) is 2.75. The molecule has 0 spiro atoms. The highest BCUT2D eigenvalue weighted by atomic mass is 16.1. The molecule has 0 aliphatic carbocycles. The van der Waals surface area contributed by atoms with Crippen LogP contribution in [0.4, 0.5) is 23.1 Å². The van der Waals surface area contributed by atoms with Gasteiger partial charge in [-0.15, -0.1) is 0 Å². The molecule has 2 aromatic heterocycles. The molecule has 1 aromatic carbocycles. The summed E-state index contributed by atoms with van der Waals surface area (Å²) in [5.41, 5.74) is 9.71. The van der Waals surface area contributed by atoms with Crippen LogP contribution >= 0.6 is 0 Å². The number of hydrogen-bond acceptors (Lipinski definition) is 7. The number of rotatable bonds is 9. The first-order chi connectivity index (χ1) is 14.6. The number of nitrogens with one attached hydrogen (secondary N) is 3. The zero-order valence-electron chi connectivity index (χ0n) is 17.3. The predicted molar refractivity (Wildman–Crippen MR) is 121 cm³/mol. The van der Waals surface area contributed by atoms with Gasteiger partial charge in [0.25, 0.3) is 5.91 Å². The third-order valence-corrected chi connectivity index (χ3v) is 4.56. The monoisotopic (exact) mass is 405 g/mol. The summed E-state index contributed by atoms with van der Waals surface area (Å²) >= 11 is 0. The summed E-state index contributed by atoms with van der Waals surface area (Å²) in [6.07, 6.45) is 6.80. The number of benzene rings is 1. The Balaban J connectivity index is 1.71. The molecule has 0 atom stereocenters. The second-order valence-corrected chi connectivity index (χ2v) is 6.94. The molecule has 3 aromatic rings.